The molecule has 4 unspecified atom stereocenters. The summed E-state index contributed by atoms with van der Waals surface area (Å²) in [5.74, 6) is 0.0586. The van der Waals surface area contributed by atoms with Crippen molar-refractivity contribution < 1.29 is 76.0 Å². The van der Waals surface area contributed by atoms with Gasteiger partial charge in [-0.15, -0.1) is 0 Å². The summed E-state index contributed by atoms with van der Waals surface area (Å²) in [6.45, 7) is 0.834. The number of imidazole rings is 2. The minimum atomic E-state index is -4.87. The highest BCUT2D eigenvalue weighted by Gasteiger charge is 2.49. The number of nitrogens with one attached hydrogen (secondary N) is 3. The zero-order chi connectivity index (χ0) is 37.0. The average Bonchev–Trinajstić information content (AvgIpc) is 3.77. The molecule has 3 aliphatic rings. The number of H-pyrrole nitrogens is 2. The number of aliphatic hydroxyl groups is 4. The van der Waals surface area contributed by atoms with Crippen molar-refractivity contribution in [2.45, 2.75) is 49.1 Å². The molecule has 6 heterocycles. The van der Waals surface area contributed by atoms with Crippen molar-refractivity contribution in [3.05, 3.63) is 35.3 Å². The number of anilines is 1. The summed E-state index contributed by atoms with van der Waals surface area (Å²) in [6.07, 6.45) is -8.67. The highest BCUT2D eigenvalue weighted by Crippen LogP contribution is 2.46. The highest BCUT2D eigenvalue weighted by molar-refractivity contribution is 7.47. The molecule has 13 N–H and O–H groups in total. The summed E-state index contributed by atoms with van der Waals surface area (Å²) in [7, 11) is -8.19. The van der Waals surface area contributed by atoms with Gasteiger partial charge in [0.2, 0.25) is 18.0 Å². The molecule has 0 saturated carbocycles. The fraction of sp³-hybridized carbons (Fsp3) is 0.542. The van der Waals surface area contributed by atoms with Crippen LogP contribution in [0.25, 0.3) is 16.9 Å². The van der Waals surface area contributed by atoms with Gasteiger partial charge in [0.25, 0.3) is 17.5 Å². The number of rotatable bonds is 13. The molecule has 10 atom stereocenters. The summed E-state index contributed by atoms with van der Waals surface area (Å²) >= 11 is 0. The largest absolute Gasteiger partial charge is 0.472 e. The van der Waals surface area contributed by atoms with E-state index in [9.17, 15) is 44.1 Å². The van der Waals surface area contributed by atoms with E-state index in [1.165, 1.54) is 33.4 Å². The van der Waals surface area contributed by atoms with Gasteiger partial charge in [-0.1, -0.05) is 16.6 Å². The van der Waals surface area contributed by atoms with Crippen molar-refractivity contribution in [1.82, 2.24) is 24.8 Å². The predicted octanol–water partition coefficient (Wildman–Crippen LogP) is -4.53. The van der Waals surface area contributed by atoms with Gasteiger partial charge in [-0.25, -0.2) is 18.3 Å². The monoisotopic (exact) mass is 766 g/mol. The third-order valence-corrected chi connectivity index (χ3v) is 10.0. The normalized spacial score (nSPS) is 30.2. The molecule has 2 saturated heterocycles. The Morgan fingerprint density at radius 3 is 2.06 bits per heavy atom. The second-order valence-corrected chi connectivity index (χ2v) is 14.4. The summed E-state index contributed by atoms with van der Waals surface area (Å²) in [5.41, 5.74) is 11.8. The fourth-order valence-corrected chi connectivity index (χ4v) is 7.07. The molecule has 0 radical (unpaired) electrons. The highest BCUT2D eigenvalue weighted by atomic mass is 31.2. The molecule has 2 fully saturated rings. The van der Waals surface area contributed by atoms with E-state index in [2.05, 4.69) is 31.8 Å². The maximum Gasteiger partial charge on any atom is 0.472 e. The van der Waals surface area contributed by atoms with Crippen LogP contribution in [0.2, 0.25) is 0 Å². The van der Waals surface area contributed by atoms with Gasteiger partial charge < -0.3 is 56.5 Å². The average molecular weight is 767 g/mol. The van der Waals surface area contributed by atoms with Gasteiger partial charge in [0.1, 0.15) is 36.6 Å². The molecular weight excluding hydrogens is 730 g/mol. The van der Waals surface area contributed by atoms with Gasteiger partial charge in [0, 0.05) is 0 Å². The third-order valence-electron chi connectivity index (χ3n) is 8.03. The summed E-state index contributed by atoms with van der Waals surface area (Å²) in [4.78, 5) is 45.9. The number of aromatic amines is 2. The quantitative estimate of drug-likeness (QED) is 0.0443. The Balaban J connectivity index is 0.961. The van der Waals surface area contributed by atoms with Crippen molar-refractivity contribution in [2.75, 3.05) is 32.2 Å². The van der Waals surface area contributed by atoms with Gasteiger partial charge in [0.05, 0.1) is 39.2 Å². The second kappa shape index (κ2) is 14.1. The SMILES string of the molecule is C=C1NC(N)=Nc2c1[nH]c[n+]2[C@@H]1OC(COP(=O)(O)OCCOP(=O)(O)OC[C@H]2OC([n+]3cn(C)c4c(=O)[nH]c(N)nc43)[C@H](O)[C@@H]2O)[C@@H](O)[C@H]1O. The first-order valence-electron chi connectivity index (χ1n) is 14.9. The minimum Gasteiger partial charge on any atom is -0.387 e. The number of aliphatic hydroxyl groups excluding tert-OH is 4. The van der Waals surface area contributed by atoms with Crippen LogP contribution in [-0.2, 0) is 43.7 Å². The standard InChI is InChI=1S/C24H34N10O15P2/c1-9-12-18(29-23(25)28-9)33(7-27-12)21-16(37)14(35)10(48-21)5-46-50(40,41)44-3-4-45-51(42,43)47-6-11-15(36)17(38)22(49-11)34-8-32(2)13-19(34)30-24(26)31-20(13)39/h7-8,10-11,14-17,21-22,35-38H,1,3-6H2,2H3,(H7-,25,26,28,29,30,31,39,40,41,42,43)/p+2/t10?,11-,14-,15-,16-,17-,21-,22?/m1/s1. The van der Waals surface area contributed by atoms with E-state index >= 15 is 0 Å². The Morgan fingerprint density at radius 1 is 0.941 bits per heavy atom. The van der Waals surface area contributed by atoms with Crippen molar-refractivity contribution in [1.29, 1.82) is 0 Å². The van der Waals surface area contributed by atoms with Gasteiger partial charge in [-0.05, 0) is 0 Å². The first-order valence-corrected chi connectivity index (χ1v) is 17.9. The Kier molecular flexibility index (Phi) is 10.2. The zero-order valence-corrected chi connectivity index (χ0v) is 28.2. The predicted molar refractivity (Wildman–Crippen MR) is 166 cm³/mol. The second-order valence-electron chi connectivity index (χ2n) is 11.5. The lowest BCUT2D eigenvalue weighted by molar-refractivity contribution is -0.753. The molecule has 0 amide bonds. The number of phosphoric ester groups is 2. The Labute approximate surface area is 285 Å². The number of aliphatic imine (C=N–C) groups is 1. The van der Waals surface area contributed by atoms with E-state index in [0.29, 0.717) is 11.4 Å². The van der Waals surface area contributed by atoms with Crippen LogP contribution in [0.15, 0.2) is 29.0 Å². The number of aryl methyl sites for hydroxylation is 1. The van der Waals surface area contributed by atoms with Crippen LogP contribution in [0, 0.1) is 0 Å². The van der Waals surface area contributed by atoms with Gasteiger partial charge in [0.15, 0.2) is 18.3 Å². The Morgan fingerprint density at radius 2 is 1.49 bits per heavy atom. The lowest BCUT2D eigenvalue weighted by Crippen LogP contribution is -2.46. The molecule has 3 aliphatic heterocycles. The number of ether oxygens (including phenoxy) is 2. The molecule has 3 aromatic rings. The number of nitrogens with two attached hydrogens (primary N) is 2. The number of phosphoric acid groups is 2. The van der Waals surface area contributed by atoms with E-state index < -0.39 is 96.7 Å². The van der Waals surface area contributed by atoms with Crippen molar-refractivity contribution in [3.8, 4) is 0 Å². The third kappa shape index (κ3) is 7.49. The van der Waals surface area contributed by atoms with Crippen LogP contribution in [0.4, 0.5) is 11.8 Å². The smallest absolute Gasteiger partial charge is 0.387 e. The molecule has 0 bridgehead atoms. The van der Waals surface area contributed by atoms with Crippen LogP contribution in [0.3, 0.4) is 0 Å². The van der Waals surface area contributed by atoms with Gasteiger partial charge in [-0.2, -0.15) is 0 Å². The van der Waals surface area contributed by atoms with Crippen molar-refractivity contribution in [3.63, 3.8) is 0 Å². The topological polar surface area (TPSA) is 362 Å². The summed E-state index contributed by atoms with van der Waals surface area (Å²) in [5, 5.41) is 45.0. The molecule has 3 aromatic heterocycles. The van der Waals surface area contributed by atoms with Crippen LogP contribution < -0.4 is 31.5 Å². The number of nitrogens with zero attached hydrogens (tertiary/aromatic N) is 5. The van der Waals surface area contributed by atoms with Gasteiger partial charge in [-0.3, -0.25) is 37.4 Å². The fourth-order valence-electron chi connectivity index (χ4n) is 5.64. The molecule has 6 rings (SSSR count). The number of hydrogen-bond acceptors (Lipinski definition) is 18. The molecule has 0 spiro atoms. The molecule has 280 valence electrons. The van der Waals surface area contributed by atoms with E-state index in [0.717, 1.165) is 0 Å². The van der Waals surface area contributed by atoms with Crippen LogP contribution in [0.1, 0.15) is 18.1 Å². The first kappa shape index (κ1) is 37.1. The molecule has 25 nitrogen and oxygen atoms in total. The molecule has 0 aliphatic carbocycles. The van der Waals surface area contributed by atoms with Crippen molar-refractivity contribution in [2.24, 2.45) is 17.8 Å². The molecule has 27 heteroatoms. The van der Waals surface area contributed by atoms with E-state index in [1.807, 2.05) is 0 Å². The summed E-state index contributed by atoms with van der Waals surface area (Å²) < 4.78 is 59.4. The first-order chi connectivity index (χ1) is 24.0. The molecule has 51 heavy (non-hydrogen) atoms. The number of guanidine groups is 1. The van der Waals surface area contributed by atoms with E-state index in [4.69, 9.17) is 39.0 Å². The molecule has 0 aromatic carbocycles. The Bertz CT molecular complexity index is 2000. The zero-order valence-electron chi connectivity index (χ0n) is 26.5. The lowest BCUT2D eigenvalue weighted by atomic mass is 10.1. The van der Waals surface area contributed by atoms with E-state index in [-0.39, 0.29) is 28.9 Å². The number of nitrogen functional groups attached to an aromatic ring is 1. The minimum absolute atomic E-state index is 0.0249. The van der Waals surface area contributed by atoms with Crippen LogP contribution in [-0.4, -0.2) is 119 Å². The Hall–Kier alpha value is -3.65. The number of fused-ring (bicyclic) bond motifs is 2. The van der Waals surface area contributed by atoms with Gasteiger partial charge >= 0.3 is 27.1 Å². The summed E-state index contributed by atoms with van der Waals surface area (Å²) in [6, 6.07) is 0. The maximum atomic E-state index is 12.4. The van der Waals surface area contributed by atoms with Crippen LogP contribution in [0.5, 0.6) is 0 Å². The van der Waals surface area contributed by atoms with Crippen molar-refractivity contribution >= 4 is 50.2 Å². The maximum absolute atomic E-state index is 12.4. The van der Waals surface area contributed by atoms with E-state index in [1.54, 1.807) is 0 Å². The van der Waals surface area contributed by atoms with Crippen LogP contribution >= 0.6 is 15.6 Å². The number of aromatic nitrogens is 6. The lowest BCUT2D eigenvalue weighted by Gasteiger charge is -2.18. The molecular formula is C24H36N10O15P2+2. The number of hydrogen-bond donors (Lipinski definition) is 11.